The molecule has 0 spiro atoms. The van der Waals surface area contributed by atoms with Gasteiger partial charge in [0, 0.05) is 24.8 Å². The van der Waals surface area contributed by atoms with Crippen molar-refractivity contribution < 1.29 is 9.53 Å². The minimum atomic E-state index is -0.122. The van der Waals surface area contributed by atoms with E-state index in [4.69, 9.17) is 10.6 Å². The molecule has 1 fully saturated rings. The Bertz CT molecular complexity index is 458. The highest BCUT2D eigenvalue weighted by atomic mass is 16.5. The second kappa shape index (κ2) is 5.14. The topological polar surface area (TPSA) is 89.3 Å². The van der Waals surface area contributed by atoms with Gasteiger partial charge < -0.3 is 15.5 Å². The Labute approximate surface area is 112 Å². The number of methoxy groups -OCH3 is 1. The number of rotatable bonds is 4. The first-order chi connectivity index (χ1) is 8.98. The average Bonchev–Trinajstić information content (AvgIpc) is 2.42. The number of hydrogen-bond donors (Lipinski definition) is 3. The molecule has 6 heteroatoms. The predicted molar refractivity (Wildman–Crippen MR) is 72.5 cm³/mol. The number of nitrogen functional groups attached to an aromatic ring is 1. The van der Waals surface area contributed by atoms with Crippen LogP contribution in [0.25, 0.3) is 0 Å². The van der Waals surface area contributed by atoms with Gasteiger partial charge in [0.1, 0.15) is 5.82 Å². The summed E-state index contributed by atoms with van der Waals surface area (Å²) in [6.45, 7) is 4.19. The molecule has 1 aromatic rings. The summed E-state index contributed by atoms with van der Waals surface area (Å²) in [5.74, 6) is 5.63. The predicted octanol–water partition coefficient (Wildman–Crippen LogP) is 0.910. The molecule has 0 aromatic carbocycles. The molecule has 2 rings (SSSR count). The number of hydrogen-bond acceptors (Lipinski definition) is 5. The highest BCUT2D eigenvalue weighted by Crippen LogP contribution is 2.42. The van der Waals surface area contributed by atoms with Gasteiger partial charge in [0.05, 0.1) is 11.7 Å². The Hall–Kier alpha value is -1.66. The zero-order valence-corrected chi connectivity index (χ0v) is 11.4. The third-order valence-electron chi connectivity index (χ3n) is 3.94. The van der Waals surface area contributed by atoms with Crippen molar-refractivity contribution in [2.24, 2.45) is 11.3 Å². The van der Waals surface area contributed by atoms with Gasteiger partial charge in [-0.2, -0.15) is 0 Å². The Kier molecular flexibility index (Phi) is 3.73. The molecule has 1 aromatic heterocycles. The van der Waals surface area contributed by atoms with Crippen LogP contribution in [0.2, 0.25) is 0 Å². The maximum absolute atomic E-state index is 12.1. The molecule has 4 N–H and O–H groups in total. The van der Waals surface area contributed by atoms with Crippen LogP contribution in [0, 0.1) is 5.41 Å². The molecule has 1 aliphatic rings. The second-order valence-electron chi connectivity index (χ2n) is 5.38. The van der Waals surface area contributed by atoms with E-state index in [-0.39, 0.29) is 23.5 Å². The van der Waals surface area contributed by atoms with E-state index >= 15 is 0 Å². The molecule has 1 amide bonds. The normalized spacial score (nSPS) is 24.4. The minimum absolute atomic E-state index is 0.0450. The van der Waals surface area contributed by atoms with E-state index in [1.807, 2.05) is 0 Å². The molecule has 2 atom stereocenters. The van der Waals surface area contributed by atoms with Gasteiger partial charge in [-0.15, -0.1) is 0 Å². The maximum Gasteiger partial charge on any atom is 0.253 e. The van der Waals surface area contributed by atoms with Gasteiger partial charge in [0.25, 0.3) is 5.91 Å². The number of anilines is 1. The van der Waals surface area contributed by atoms with Gasteiger partial charge in [-0.25, -0.2) is 10.8 Å². The van der Waals surface area contributed by atoms with Gasteiger partial charge in [-0.1, -0.05) is 13.8 Å². The Morgan fingerprint density at radius 1 is 1.53 bits per heavy atom. The summed E-state index contributed by atoms with van der Waals surface area (Å²) in [6, 6.07) is 3.48. The number of amides is 1. The molecule has 19 heavy (non-hydrogen) atoms. The van der Waals surface area contributed by atoms with Crippen molar-refractivity contribution in [2.75, 3.05) is 12.5 Å². The first-order valence-electron chi connectivity index (χ1n) is 6.25. The molecular formula is C13H20N4O2. The number of ether oxygens (including phenoxy) is 1. The van der Waals surface area contributed by atoms with Crippen LogP contribution in [0.5, 0.6) is 0 Å². The molecule has 104 valence electrons. The summed E-state index contributed by atoms with van der Waals surface area (Å²) in [6.07, 6.45) is 2.54. The zero-order valence-electron chi connectivity index (χ0n) is 11.4. The average molecular weight is 264 g/mol. The highest BCUT2D eigenvalue weighted by Gasteiger charge is 2.49. The van der Waals surface area contributed by atoms with Crippen molar-refractivity contribution in [2.45, 2.75) is 32.4 Å². The number of carbonyl (C=O) groups excluding carboxylic acids is 1. The molecule has 0 radical (unpaired) electrons. The standard InChI is InChI=1S/C13H20N4O2/c1-13(2)9(6-10(13)19-3)16-12(18)8-4-5-11(17-14)15-7-8/h4-5,7,9-10H,6,14H2,1-3H3,(H,15,17)(H,16,18). The number of aromatic nitrogens is 1. The van der Waals surface area contributed by atoms with E-state index in [1.165, 1.54) is 6.20 Å². The van der Waals surface area contributed by atoms with E-state index in [2.05, 4.69) is 29.6 Å². The minimum Gasteiger partial charge on any atom is -0.381 e. The van der Waals surface area contributed by atoms with E-state index in [1.54, 1.807) is 19.2 Å². The summed E-state index contributed by atoms with van der Waals surface area (Å²) in [5.41, 5.74) is 2.90. The second-order valence-corrected chi connectivity index (χ2v) is 5.38. The fraction of sp³-hybridized carbons (Fsp3) is 0.538. The maximum atomic E-state index is 12.1. The van der Waals surface area contributed by atoms with Gasteiger partial charge >= 0.3 is 0 Å². The monoisotopic (exact) mass is 264 g/mol. The highest BCUT2D eigenvalue weighted by molar-refractivity contribution is 5.94. The van der Waals surface area contributed by atoms with Crippen molar-refractivity contribution >= 4 is 11.7 Å². The van der Waals surface area contributed by atoms with E-state index in [0.717, 1.165) is 6.42 Å². The van der Waals surface area contributed by atoms with Gasteiger partial charge in [0.2, 0.25) is 0 Å². The van der Waals surface area contributed by atoms with E-state index < -0.39 is 0 Å². The molecule has 0 aliphatic heterocycles. The molecule has 2 unspecified atom stereocenters. The SMILES string of the molecule is COC1CC(NC(=O)c2ccc(NN)nc2)C1(C)C. The van der Waals surface area contributed by atoms with Crippen molar-refractivity contribution in [3.05, 3.63) is 23.9 Å². The summed E-state index contributed by atoms with van der Waals surface area (Å²) in [5, 5.41) is 3.01. The lowest BCUT2D eigenvalue weighted by molar-refractivity contribution is -0.0942. The third kappa shape index (κ3) is 2.54. The van der Waals surface area contributed by atoms with Crippen LogP contribution in [0.4, 0.5) is 5.82 Å². The van der Waals surface area contributed by atoms with Crippen molar-refractivity contribution in [1.82, 2.24) is 10.3 Å². The fourth-order valence-corrected chi connectivity index (χ4v) is 2.39. The van der Waals surface area contributed by atoms with Crippen LogP contribution in [0.1, 0.15) is 30.6 Å². The number of nitrogens with zero attached hydrogens (tertiary/aromatic N) is 1. The van der Waals surface area contributed by atoms with E-state index in [9.17, 15) is 4.79 Å². The Balaban J connectivity index is 1.98. The summed E-state index contributed by atoms with van der Waals surface area (Å²) < 4.78 is 5.36. The fourth-order valence-electron chi connectivity index (χ4n) is 2.39. The molecular weight excluding hydrogens is 244 g/mol. The quantitative estimate of drug-likeness (QED) is 0.555. The summed E-state index contributed by atoms with van der Waals surface area (Å²) in [7, 11) is 1.70. The molecule has 1 saturated carbocycles. The number of nitrogens with one attached hydrogen (secondary N) is 2. The number of pyridine rings is 1. The van der Waals surface area contributed by atoms with Crippen LogP contribution < -0.4 is 16.6 Å². The van der Waals surface area contributed by atoms with Gasteiger partial charge in [-0.3, -0.25) is 4.79 Å². The van der Waals surface area contributed by atoms with Crippen LogP contribution in [-0.2, 0) is 4.74 Å². The van der Waals surface area contributed by atoms with Gasteiger partial charge in [0.15, 0.2) is 0 Å². The van der Waals surface area contributed by atoms with Crippen LogP contribution in [0.15, 0.2) is 18.3 Å². The largest absolute Gasteiger partial charge is 0.381 e. The summed E-state index contributed by atoms with van der Waals surface area (Å²) in [4.78, 5) is 16.1. The molecule has 1 aliphatic carbocycles. The lowest BCUT2D eigenvalue weighted by Crippen LogP contribution is -2.61. The van der Waals surface area contributed by atoms with Crippen LogP contribution >= 0.6 is 0 Å². The molecule has 6 nitrogen and oxygen atoms in total. The molecule has 0 saturated heterocycles. The number of carbonyl (C=O) groups is 1. The van der Waals surface area contributed by atoms with Crippen LogP contribution in [0.3, 0.4) is 0 Å². The number of hydrazine groups is 1. The van der Waals surface area contributed by atoms with Gasteiger partial charge in [-0.05, 0) is 18.6 Å². The summed E-state index contributed by atoms with van der Waals surface area (Å²) >= 11 is 0. The smallest absolute Gasteiger partial charge is 0.253 e. The van der Waals surface area contributed by atoms with Crippen molar-refractivity contribution in [3.8, 4) is 0 Å². The Morgan fingerprint density at radius 2 is 2.26 bits per heavy atom. The zero-order chi connectivity index (χ0) is 14.0. The lowest BCUT2D eigenvalue weighted by Gasteiger charge is -2.51. The lowest BCUT2D eigenvalue weighted by atomic mass is 9.64. The first-order valence-corrected chi connectivity index (χ1v) is 6.25. The first kappa shape index (κ1) is 13.8. The van der Waals surface area contributed by atoms with Crippen molar-refractivity contribution in [3.63, 3.8) is 0 Å². The molecule has 1 heterocycles. The third-order valence-corrected chi connectivity index (χ3v) is 3.94. The molecule has 0 bridgehead atoms. The van der Waals surface area contributed by atoms with E-state index in [0.29, 0.717) is 11.4 Å². The van der Waals surface area contributed by atoms with Crippen LogP contribution in [-0.4, -0.2) is 30.1 Å². The number of nitrogens with two attached hydrogens (primary N) is 1. The Morgan fingerprint density at radius 3 is 2.74 bits per heavy atom. The van der Waals surface area contributed by atoms with Crippen molar-refractivity contribution in [1.29, 1.82) is 0 Å².